The Morgan fingerprint density at radius 2 is 1.58 bits per heavy atom. The minimum absolute atomic E-state index is 0.135. The number of amides is 1. The van der Waals surface area contributed by atoms with E-state index in [0.717, 1.165) is 17.0 Å². The molecule has 0 saturated heterocycles. The van der Waals surface area contributed by atoms with E-state index >= 15 is 0 Å². The van der Waals surface area contributed by atoms with Gasteiger partial charge in [0.05, 0.1) is 6.10 Å². The Labute approximate surface area is 144 Å². The van der Waals surface area contributed by atoms with E-state index in [0.29, 0.717) is 5.92 Å². The highest BCUT2D eigenvalue weighted by atomic mass is 16.5. The summed E-state index contributed by atoms with van der Waals surface area (Å²) in [6.45, 7) is 8.29. The van der Waals surface area contributed by atoms with Crippen LogP contribution in [0.3, 0.4) is 0 Å². The fraction of sp³-hybridized carbons (Fsp3) is 0.286. The van der Waals surface area contributed by atoms with Gasteiger partial charge in [0.15, 0.2) is 0 Å². The molecule has 1 amide bonds. The first-order valence-electron chi connectivity index (χ1n) is 8.30. The number of carbonyl (C=O) groups excluding carboxylic acids is 1. The number of nitrogens with one attached hydrogen (secondary N) is 1. The molecule has 0 radical (unpaired) electrons. The number of hydrogen-bond donors (Lipinski definition) is 1. The van der Waals surface area contributed by atoms with Crippen LogP contribution in [-0.4, -0.2) is 12.0 Å². The van der Waals surface area contributed by atoms with Gasteiger partial charge < -0.3 is 10.1 Å². The Morgan fingerprint density at radius 1 is 0.958 bits per heavy atom. The first-order chi connectivity index (χ1) is 11.4. The van der Waals surface area contributed by atoms with E-state index in [9.17, 15) is 4.79 Å². The van der Waals surface area contributed by atoms with Crippen LogP contribution in [0.15, 0.2) is 54.6 Å². The second-order valence-corrected chi connectivity index (χ2v) is 6.33. The summed E-state index contributed by atoms with van der Waals surface area (Å²) in [5, 5.41) is 2.84. The highest BCUT2D eigenvalue weighted by Crippen LogP contribution is 2.17. The Kier molecular flexibility index (Phi) is 6.19. The van der Waals surface area contributed by atoms with Gasteiger partial charge in [0.25, 0.3) is 0 Å². The van der Waals surface area contributed by atoms with Crippen molar-refractivity contribution in [3.8, 4) is 5.75 Å². The molecule has 2 rings (SSSR count). The fourth-order valence-corrected chi connectivity index (χ4v) is 2.24. The topological polar surface area (TPSA) is 38.3 Å². The molecule has 3 nitrogen and oxygen atoms in total. The molecule has 0 aliphatic carbocycles. The number of rotatable bonds is 6. The van der Waals surface area contributed by atoms with Gasteiger partial charge in [0.2, 0.25) is 5.91 Å². The smallest absolute Gasteiger partial charge is 0.248 e. The molecule has 0 unspecified atom stereocenters. The van der Waals surface area contributed by atoms with E-state index in [1.54, 1.807) is 6.08 Å². The van der Waals surface area contributed by atoms with Crippen LogP contribution in [0.5, 0.6) is 5.75 Å². The summed E-state index contributed by atoms with van der Waals surface area (Å²) < 4.78 is 5.58. The van der Waals surface area contributed by atoms with Crippen molar-refractivity contribution in [2.45, 2.75) is 39.7 Å². The third-order valence-corrected chi connectivity index (χ3v) is 3.52. The summed E-state index contributed by atoms with van der Waals surface area (Å²) in [6.07, 6.45) is 3.49. The predicted octanol–water partition coefficient (Wildman–Crippen LogP) is 5.25. The Hall–Kier alpha value is -2.55. The van der Waals surface area contributed by atoms with Gasteiger partial charge >= 0.3 is 0 Å². The number of ether oxygens (including phenoxy) is 1. The van der Waals surface area contributed by atoms with Crippen LogP contribution >= 0.6 is 0 Å². The lowest BCUT2D eigenvalue weighted by Gasteiger charge is -2.10. The van der Waals surface area contributed by atoms with Crippen LogP contribution in [0.4, 0.5) is 5.69 Å². The number of benzene rings is 2. The second kappa shape index (κ2) is 8.34. The molecule has 0 atom stereocenters. The van der Waals surface area contributed by atoms with E-state index in [2.05, 4.69) is 31.3 Å². The zero-order valence-corrected chi connectivity index (χ0v) is 14.7. The molecule has 0 aromatic heterocycles. The van der Waals surface area contributed by atoms with Crippen molar-refractivity contribution in [2.24, 2.45) is 0 Å². The molecule has 0 saturated carbocycles. The standard InChI is InChI=1S/C21H25NO2/c1-15(2)18-8-5-17(6-9-18)7-14-21(23)22-19-10-12-20(13-11-19)24-16(3)4/h5-16H,1-4H3,(H,22,23). The van der Waals surface area contributed by atoms with E-state index in [-0.39, 0.29) is 12.0 Å². The van der Waals surface area contributed by atoms with Gasteiger partial charge in [0.1, 0.15) is 5.75 Å². The molecule has 3 heteroatoms. The largest absolute Gasteiger partial charge is 0.491 e. The van der Waals surface area contributed by atoms with Crippen molar-refractivity contribution in [1.29, 1.82) is 0 Å². The van der Waals surface area contributed by atoms with Crippen LogP contribution in [0.2, 0.25) is 0 Å². The monoisotopic (exact) mass is 323 g/mol. The molecule has 0 fully saturated rings. The molecular weight excluding hydrogens is 298 g/mol. The summed E-state index contributed by atoms with van der Waals surface area (Å²) in [5.74, 6) is 1.15. The molecule has 24 heavy (non-hydrogen) atoms. The van der Waals surface area contributed by atoms with Gasteiger partial charge in [-0.05, 0) is 61.2 Å². The first kappa shape index (κ1) is 17.8. The quantitative estimate of drug-likeness (QED) is 0.737. The fourth-order valence-electron chi connectivity index (χ4n) is 2.24. The summed E-state index contributed by atoms with van der Waals surface area (Å²) >= 11 is 0. The van der Waals surface area contributed by atoms with E-state index in [4.69, 9.17) is 4.74 Å². The molecular formula is C21H25NO2. The third kappa shape index (κ3) is 5.58. The van der Waals surface area contributed by atoms with E-state index in [1.807, 2.05) is 56.3 Å². The number of anilines is 1. The van der Waals surface area contributed by atoms with E-state index in [1.165, 1.54) is 5.56 Å². The maximum absolute atomic E-state index is 12.0. The highest BCUT2D eigenvalue weighted by molar-refractivity contribution is 6.01. The zero-order valence-electron chi connectivity index (χ0n) is 14.7. The average molecular weight is 323 g/mol. The van der Waals surface area contributed by atoms with Crippen LogP contribution in [0, 0.1) is 0 Å². The lowest BCUT2D eigenvalue weighted by atomic mass is 10.0. The summed E-state index contributed by atoms with van der Waals surface area (Å²) in [6, 6.07) is 15.6. The molecule has 1 N–H and O–H groups in total. The van der Waals surface area contributed by atoms with Gasteiger partial charge in [-0.1, -0.05) is 38.1 Å². The van der Waals surface area contributed by atoms with E-state index < -0.39 is 0 Å². The van der Waals surface area contributed by atoms with Gasteiger partial charge in [0, 0.05) is 11.8 Å². The SMILES string of the molecule is CC(C)Oc1ccc(NC(=O)C=Cc2ccc(C(C)C)cc2)cc1. The second-order valence-electron chi connectivity index (χ2n) is 6.33. The first-order valence-corrected chi connectivity index (χ1v) is 8.30. The summed E-state index contributed by atoms with van der Waals surface area (Å²) in [5.41, 5.74) is 3.05. The van der Waals surface area contributed by atoms with Crippen LogP contribution < -0.4 is 10.1 Å². The van der Waals surface area contributed by atoms with Crippen LogP contribution in [-0.2, 0) is 4.79 Å². The summed E-state index contributed by atoms with van der Waals surface area (Å²) in [4.78, 5) is 12.0. The molecule has 0 aliphatic rings. The lowest BCUT2D eigenvalue weighted by Crippen LogP contribution is -2.08. The van der Waals surface area contributed by atoms with Gasteiger partial charge in [-0.2, -0.15) is 0 Å². The minimum Gasteiger partial charge on any atom is -0.491 e. The van der Waals surface area contributed by atoms with Crippen molar-refractivity contribution < 1.29 is 9.53 Å². The van der Waals surface area contributed by atoms with Gasteiger partial charge in [-0.15, -0.1) is 0 Å². The van der Waals surface area contributed by atoms with Crippen molar-refractivity contribution >= 4 is 17.7 Å². The predicted molar refractivity (Wildman–Crippen MR) is 100 cm³/mol. The molecule has 2 aromatic rings. The summed E-state index contributed by atoms with van der Waals surface area (Å²) in [7, 11) is 0. The number of carbonyl (C=O) groups is 1. The zero-order chi connectivity index (χ0) is 17.5. The van der Waals surface area contributed by atoms with Crippen molar-refractivity contribution in [3.63, 3.8) is 0 Å². The van der Waals surface area contributed by atoms with Crippen molar-refractivity contribution in [1.82, 2.24) is 0 Å². The average Bonchev–Trinajstić information content (AvgIpc) is 2.54. The highest BCUT2D eigenvalue weighted by Gasteiger charge is 2.01. The van der Waals surface area contributed by atoms with Gasteiger partial charge in [-0.3, -0.25) is 4.79 Å². The molecule has 0 spiro atoms. The van der Waals surface area contributed by atoms with Crippen molar-refractivity contribution in [3.05, 3.63) is 65.7 Å². The molecule has 2 aromatic carbocycles. The molecule has 0 heterocycles. The molecule has 0 bridgehead atoms. The van der Waals surface area contributed by atoms with Gasteiger partial charge in [-0.25, -0.2) is 0 Å². The van der Waals surface area contributed by atoms with Crippen LogP contribution in [0.1, 0.15) is 44.7 Å². The Bertz CT molecular complexity index is 683. The Balaban J connectivity index is 1.92. The lowest BCUT2D eigenvalue weighted by molar-refractivity contribution is -0.111. The minimum atomic E-state index is -0.152. The number of hydrogen-bond acceptors (Lipinski definition) is 2. The maximum atomic E-state index is 12.0. The molecule has 126 valence electrons. The Morgan fingerprint density at radius 3 is 2.12 bits per heavy atom. The third-order valence-electron chi connectivity index (χ3n) is 3.52. The van der Waals surface area contributed by atoms with Crippen molar-refractivity contribution in [2.75, 3.05) is 5.32 Å². The molecule has 0 aliphatic heterocycles. The van der Waals surface area contributed by atoms with Crippen LogP contribution in [0.25, 0.3) is 6.08 Å². The normalized spacial score (nSPS) is 11.2. The maximum Gasteiger partial charge on any atom is 0.248 e.